The smallest absolute Gasteiger partial charge is 0.258 e. The lowest BCUT2D eigenvalue weighted by Crippen LogP contribution is -2.14. The van der Waals surface area contributed by atoms with Crippen LogP contribution in [0.15, 0.2) is 15.2 Å². The number of rotatable bonds is 2. The molecule has 1 N–H and O–H groups in total. The predicted octanol–water partition coefficient (Wildman–Crippen LogP) is 2.56. The molecular weight excluding hydrogens is 304 g/mol. The molecule has 0 aliphatic rings. The maximum Gasteiger partial charge on any atom is 0.258 e. The molecule has 0 aliphatic carbocycles. The van der Waals surface area contributed by atoms with Crippen molar-refractivity contribution in [3.63, 3.8) is 0 Å². The third-order valence-corrected chi connectivity index (χ3v) is 3.65. The summed E-state index contributed by atoms with van der Waals surface area (Å²) in [5.41, 5.74) is 2.08. The zero-order chi connectivity index (χ0) is 12.4. The van der Waals surface area contributed by atoms with Gasteiger partial charge in [0.05, 0.1) is 20.7 Å². The number of aromatic nitrogens is 3. The SMILES string of the molecule is Cc1nnc(NC(=O)c2csc(Br)c2)nc1C. The summed E-state index contributed by atoms with van der Waals surface area (Å²) in [6.07, 6.45) is 0. The first-order valence-electron chi connectivity index (χ1n) is 4.79. The minimum Gasteiger partial charge on any atom is -0.289 e. The van der Waals surface area contributed by atoms with E-state index < -0.39 is 0 Å². The quantitative estimate of drug-likeness (QED) is 0.925. The second-order valence-corrected chi connectivity index (χ2v) is 5.69. The molecule has 0 aliphatic heterocycles. The number of hydrogen-bond donors (Lipinski definition) is 1. The van der Waals surface area contributed by atoms with Crippen LogP contribution in [0.25, 0.3) is 0 Å². The normalized spacial score (nSPS) is 10.3. The van der Waals surface area contributed by atoms with E-state index in [-0.39, 0.29) is 11.9 Å². The molecule has 0 atom stereocenters. The molecule has 88 valence electrons. The Morgan fingerprint density at radius 2 is 2.12 bits per heavy atom. The first-order chi connectivity index (χ1) is 8.06. The maximum atomic E-state index is 11.8. The number of thiophene rings is 1. The second kappa shape index (κ2) is 4.89. The number of amides is 1. The predicted molar refractivity (Wildman–Crippen MR) is 69.3 cm³/mol. The van der Waals surface area contributed by atoms with Gasteiger partial charge in [-0.25, -0.2) is 4.98 Å². The highest BCUT2D eigenvalue weighted by Gasteiger charge is 2.10. The standard InChI is InChI=1S/C10H9BrN4OS/c1-5-6(2)14-15-10(12-5)13-9(16)7-3-8(11)17-4-7/h3-4H,1-2H3,(H,12,13,15,16). The average Bonchev–Trinajstić information content (AvgIpc) is 2.70. The fourth-order valence-corrected chi connectivity index (χ4v) is 2.25. The van der Waals surface area contributed by atoms with E-state index in [0.717, 1.165) is 15.2 Å². The van der Waals surface area contributed by atoms with E-state index in [4.69, 9.17) is 0 Å². The molecule has 1 amide bonds. The maximum absolute atomic E-state index is 11.8. The van der Waals surface area contributed by atoms with Crippen molar-refractivity contribution in [2.24, 2.45) is 0 Å². The summed E-state index contributed by atoms with van der Waals surface area (Å²) in [4.78, 5) is 15.9. The van der Waals surface area contributed by atoms with Gasteiger partial charge in [0, 0.05) is 5.38 Å². The Kier molecular flexibility index (Phi) is 3.49. The molecule has 17 heavy (non-hydrogen) atoms. The summed E-state index contributed by atoms with van der Waals surface area (Å²) in [6.45, 7) is 3.64. The van der Waals surface area contributed by atoms with Gasteiger partial charge >= 0.3 is 0 Å². The molecule has 5 nitrogen and oxygen atoms in total. The van der Waals surface area contributed by atoms with Crippen LogP contribution >= 0.6 is 27.3 Å². The molecule has 0 unspecified atom stereocenters. The highest BCUT2D eigenvalue weighted by molar-refractivity contribution is 9.11. The van der Waals surface area contributed by atoms with Gasteiger partial charge in [0.15, 0.2) is 0 Å². The molecule has 0 bridgehead atoms. The number of nitrogens with one attached hydrogen (secondary N) is 1. The minimum atomic E-state index is -0.239. The molecule has 2 aromatic rings. The van der Waals surface area contributed by atoms with E-state index >= 15 is 0 Å². The van der Waals surface area contributed by atoms with Crippen LogP contribution in [0.3, 0.4) is 0 Å². The van der Waals surface area contributed by atoms with E-state index in [1.165, 1.54) is 11.3 Å². The molecule has 0 radical (unpaired) electrons. The van der Waals surface area contributed by atoms with Crippen LogP contribution in [0.2, 0.25) is 0 Å². The van der Waals surface area contributed by atoms with Gasteiger partial charge in [0.1, 0.15) is 0 Å². The molecule has 2 aromatic heterocycles. The van der Waals surface area contributed by atoms with Gasteiger partial charge in [-0.3, -0.25) is 10.1 Å². The van der Waals surface area contributed by atoms with Gasteiger partial charge in [-0.15, -0.1) is 16.4 Å². The van der Waals surface area contributed by atoms with Gasteiger partial charge in [-0.1, -0.05) is 0 Å². The van der Waals surface area contributed by atoms with Crippen LogP contribution in [-0.2, 0) is 0 Å². The van der Waals surface area contributed by atoms with Gasteiger partial charge in [0.25, 0.3) is 5.91 Å². The fourth-order valence-electron chi connectivity index (χ4n) is 1.11. The fraction of sp³-hybridized carbons (Fsp3) is 0.200. The van der Waals surface area contributed by atoms with E-state index in [0.29, 0.717) is 5.56 Å². The molecule has 2 rings (SSSR count). The van der Waals surface area contributed by atoms with Crippen molar-refractivity contribution in [2.45, 2.75) is 13.8 Å². The second-order valence-electron chi connectivity index (χ2n) is 3.40. The van der Waals surface area contributed by atoms with Gasteiger partial charge in [-0.05, 0) is 35.8 Å². The van der Waals surface area contributed by atoms with Gasteiger partial charge in [0.2, 0.25) is 5.95 Å². The molecule has 0 saturated carbocycles. The number of carbonyl (C=O) groups excluding carboxylic acids is 1. The Bertz CT molecular complexity index is 569. The number of halogens is 1. The van der Waals surface area contributed by atoms with Gasteiger partial charge in [-0.2, -0.15) is 5.10 Å². The minimum absolute atomic E-state index is 0.223. The van der Waals surface area contributed by atoms with Crippen molar-refractivity contribution >= 4 is 39.1 Å². The van der Waals surface area contributed by atoms with E-state index in [9.17, 15) is 4.79 Å². The largest absolute Gasteiger partial charge is 0.289 e. The van der Waals surface area contributed by atoms with Crippen molar-refractivity contribution in [3.05, 3.63) is 32.2 Å². The van der Waals surface area contributed by atoms with Crippen LogP contribution in [0.4, 0.5) is 5.95 Å². The van der Waals surface area contributed by atoms with Crippen molar-refractivity contribution in [1.29, 1.82) is 0 Å². The van der Waals surface area contributed by atoms with Crippen LogP contribution in [0.1, 0.15) is 21.7 Å². The first-order valence-corrected chi connectivity index (χ1v) is 6.47. The number of carbonyl (C=O) groups is 1. The Hall–Kier alpha value is -1.34. The Balaban J connectivity index is 2.15. The summed E-state index contributed by atoms with van der Waals surface area (Å²) < 4.78 is 0.904. The lowest BCUT2D eigenvalue weighted by atomic mass is 10.3. The lowest BCUT2D eigenvalue weighted by Gasteiger charge is -2.03. The zero-order valence-corrected chi connectivity index (χ0v) is 11.6. The molecule has 0 fully saturated rings. The third-order valence-electron chi connectivity index (χ3n) is 2.15. The van der Waals surface area contributed by atoms with Crippen molar-refractivity contribution in [3.8, 4) is 0 Å². The van der Waals surface area contributed by atoms with Gasteiger partial charge < -0.3 is 0 Å². The summed E-state index contributed by atoms with van der Waals surface area (Å²) >= 11 is 4.75. The van der Waals surface area contributed by atoms with E-state index in [1.807, 2.05) is 13.8 Å². The third kappa shape index (κ3) is 2.86. The number of anilines is 1. The topological polar surface area (TPSA) is 67.8 Å². The average molecular weight is 313 g/mol. The van der Waals surface area contributed by atoms with Crippen molar-refractivity contribution in [2.75, 3.05) is 5.32 Å². The first kappa shape index (κ1) is 12.1. The lowest BCUT2D eigenvalue weighted by molar-refractivity contribution is 0.102. The molecule has 2 heterocycles. The molecule has 0 saturated heterocycles. The van der Waals surface area contributed by atoms with E-state index in [1.54, 1.807) is 11.4 Å². The number of aryl methyl sites for hydroxylation is 2. The van der Waals surface area contributed by atoms with Crippen LogP contribution in [-0.4, -0.2) is 21.1 Å². The number of hydrogen-bond acceptors (Lipinski definition) is 5. The highest BCUT2D eigenvalue weighted by Crippen LogP contribution is 2.21. The Morgan fingerprint density at radius 1 is 1.35 bits per heavy atom. The summed E-state index contributed by atoms with van der Waals surface area (Å²) in [5.74, 6) is -0.0163. The summed E-state index contributed by atoms with van der Waals surface area (Å²) in [6, 6.07) is 1.74. The monoisotopic (exact) mass is 312 g/mol. The highest BCUT2D eigenvalue weighted by atomic mass is 79.9. The van der Waals surface area contributed by atoms with Crippen molar-refractivity contribution in [1.82, 2.24) is 15.2 Å². The molecule has 7 heteroatoms. The zero-order valence-electron chi connectivity index (χ0n) is 9.19. The van der Waals surface area contributed by atoms with Crippen LogP contribution in [0, 0.1) is 13.8 Å². The van der Waals surface area contributed by atoms with Crippen LogP contribution < -0.4 is 5.32 Å². The Morgan fingerprint density at radius 3 is 2.71 bits per heavy atom. The molecule has 0 spiro atoms. The van der Waals surface area contributed by atoms with Crippen molar-refractivity contribution < 1.29 is 4.79 Å². The number of nitrogens with zero attached hydrogens (tertiary/aromatic N) is 3. The summed E-state index contributed by atoms with van der Waals surface area (Å²) in [5, 5.41) is 12.1. The summed E-state index contributed by atoms with van der Waals surface area (Å²) in [7, 11) is 0. The Labute approximate surface area is 110 Å². The molecular formula is C10H9BrN4OS. The van der Waals surface area contributed by atoms with Crippen LogP contribution in [0.5, 0.6) is 0 Å². The molecule has 0 aromatic carbocycles. The van der Waals surface area contributed by atoms with E-state index in [2.05, 4.69) is 36.4 Å².